The van der Waals surface area contributed by atoms with E-state index in [2.05, 4.69) is 10.2 Å². The van der Waals surface area contributed by atoms with Crippen LogP contribution in [0.25, 0.3) is 0 Å². The summed E-state index contributed by atoms with van der Waals surface area (Å²) in [6, 6.07) is 3.70. The summed E-state index contributed by atoms with van der Waals surface area (Å²) in [7, 11) is 0. The Bertz CT molecular complexity index is 461. The number of anilines is 1. The molecule has 6 heteroatoms. The second-order valence-corrected chi connectivity index (χ2v) is 5.01. The molecule has 0 aliphatic carbocycles. The first kappa shape index (κ1) is 13.7. The highest BCUT2D eigenvalue weighted by Crippen LogP contribution is 2.21. The lowest BCUT2D eigenvalue weighted by atomic mass is 10.2. The Hall–Kier alpha value is -1.69. The molecule has 104 valence electrons. The Morgan fingerprint density at radius 3 is 2.74 bits per heavy atom. The Kier molecular flexibility index (Phi) is 4.31. The molecule has 1 unspecified atom stereocenters. The number of nitro groups is 1. The number of rotatable bonds is 5. The molecule has 1 saturated heterocycles. The minimum absolute atomic E-state index is 0.125. The smallest absolute Gasteiger partial charge is 0.274 e. The highest BCUT2D eigenvalue weighted by molar-refractivity contribution is 5.52. The molecule has 0 radical (unpaired) electrons. The number of halogens is 1. The van der Waals surface area contributed by atoms with E-state index in [4.69, 9.17) is 0 Å². The SMILES string of the molecule is CC(CN1CCCC1)Nc1cc(F)cc([N+](=O)[O-])c1. The van der Waals surface area contributed by atoms with Crippen LogP contribution in [0.3, 0.4) is 0 Å². The molecule has 1 aromatic carbocycles. The average Bonchev–Trinajstić information content (AvgIpc) is 2.80. The van der Waals surface area contributed by atoms with Gasteiger partial charge in [-0.25, -0.2) is 4.39 Å². The van der Waals surface area contributed by atoms with E-state index in [0.29, 0.717) is 5.69 Å². The predicted molar refractivity (Wildman–Crippen MR) is 71.8 cm³/mol. The maximum atomic E-state index is 13.3. The normalized spacial score (nSPS) is 17.4. The van der Waals surface area contributed by atoms with Gasteiger partial charge in [-0.1, -0.05) is 0 Å². The Morgan fingerprint density at radius 1 is 1.42 bits per heavy atom. The van der Waals surface area contributed by atoms with Crippen molar-refractivity contribution in [2.24, 2.45) is 0 Å². The van der Waals surface area contributed by atoms with E-state index in [-0.39, 0.29) is 11.7 Å². The number of likely N-dealkylation sites (tertiary alicyclic amines) is 1. The van der Waals surface area contributed by atoms with Gasteiger partial charge in [0.25, 0.3) is 5.69 Å². The van der Waals surface area contributed by atoms with Crippen molar-refractivity contribution < 1.29 is 9.31 Å². The summed E-state index contributed by atoms with van der Waals surface area (Å²) in [4.78, 5) is 12.4. The monoisotopic (exact) mass is 267 g/mol. The molecule has 0 aromatic heterocycles. The predicted octanol–water partition coefficient (Wildman–Crippen LogP) is 2.63. The van der Waals surface area contributed by atoms with Crippen molar-refractivity contribution in [3.05, 3.63) is 34.1 Å². The maximum Gasteiger partial charge on any atom is 0.274 e. The van der Waals surface area contributed by atoms with Gasteiger partial charge >= 0.3 is 0 Å². The second-order valence-electron chi connectivity index (χ2n) is 5.01. The molecular formula is C13H18FN3O2. The van der Waals surface area contributed by atoms with Crippen molar-refractivity contribution >= 4 is 11.4 Å². The third kappa shape index (κ3) is 3.89. The minimum Gasteiger partial charge on any atom is -0.381 e. The summed E-state index contributed by atoms with van der Waals surface area (Å²) in [5.74, 6) is -0.593. The van der Waals surface area contributed by atoms with Gasteiger partial charge in [-0.3, -0.25) is 10.1 Å². The molecule has 1 atom stereocenters. The van der Waals surface area contributed by atoms with Crippen molar-refractivity contribution in [3.63, 3.8) is 0 Å². The van der Waals surface area contributed by atoms with Crippen LogP contribution >= 0.6 is 0 Å². The second kappa shape index (κ2) is 5.97. The van der Waals surface area contributed by atoms with Gasteiger partial charge < -0.3 is 10.2 Å². The van der Waals surface area contributed by atoms with E-state index in [9.17, 15) is 14.5 Å². The molecule has 0 saturated carbocycles. The quantitative estimate of drug-likeness (QED) is 0.658. The molecule has 2 rings (SSSR count). The third-order valence-electron chi connectivity index (χ3n) is 3.24. The zero-order valence-electron chi connectivity index (χ0n) is 10.9. The molecule has 1 aliphatic heterocycles. The van der Waals surface area contributed by atoms with Gasteiger partial charge in [0.05, 0.1) is 11.0 Å². The van der Waals surface area contributed by atoms with Crippen LogP contribution in [0.1, 0.15) is 19.8 Å². The van der Waals surface area contributed by atoms with Crippen molar-refractivity contribution in [2.45, 2.75) is 25.8 Å². The van der Waals surface area contributed by atoms with E-state index >= 15 is 0 Å². The Balaban J connectivity index is 1.99. The number of nitro benzene ring substituents is 1. The lowest BCUT2D eigenvalue weighted by Crippen LogP contribution is -2.32. The van der Waals surface area contributed by atoms with Gasteiger partial charge in [-0.2, -0.15) is 0 Å². The summed E-state index contributed by atoms with van der Waals surface area (Å²) in [6.07, 6.45) is 2.44. The number of hydrogen-bond acceptors (Lipinski definition) is 4. The third-order valence-corrected chi connectivity index (χ3v) is 3.24. The minimum atomic E-state index is -0.593. The van der Waals surface area contributed by atoms with Crippen LogP contribution in [0.4, 0.5) is 15.8 Å². The molecular weight excluding hydrogens is 249 g/mol. The first-order valence-electron chi connectivity index (χ1n) is 6.48. The van der Waals surface area contributed by atoms with Crippen LogP contribution in [0.2, 0.25) is 0 Å². The van der Waals surface area contributed by atoms with Crippen LogP contribution in [0.5, 0.6) is 0 Å². The average molecular weight is 267 g/mol. The van der Waals surface area contributed by atoms with Crippen LogP contribution in [0, 0.1) is 15.9 Å². The fourth-order valence-electron chi connectivity index (χ4n) is 2.45. The lowest BCUT2D eigenvalue weighted by molar-refractivity contribution is -0.385. The van der Waals surface area contributed by atoms with Gasteiger partial charge in [0.15, 0.2) is 0 Å². The fourth-order valence-corrected chi connectivity index (χ4v) is 2.45. The van der Waals surface area contributed by atoms with Gasteiger partial charge in [-0.15, -0.1) is 0 Å². The molecule has 1 fully saturated rings. The molecule has 0 spiro atoms. The number of nitrogens with zero attached hydrogens (tertiary/aromatic N) is 2. The van der Waals surface area contributed by atoms with Crippen molar-refractivity contribution in [3.8, 4) is 0 Å². The van der Waals surface area contributed by atoms with Crippen LogP contribution < -0.4 is 5.32 Å². The highest BCUT2D eigenvalue weighted by Gasteiger charge is 2.16. The van der Waals surface area contributed by atoms with E-state index < -0.39 is 10.7 Å². The summed E-state index contributed by atoms with van der Waals surface area (Å²) < 4.78 is 13.3. The number of hydrogen-bond donors (Lipinski definition) is 1. The molecule has 1 aromatic rings. The van der Waals surface area contributed by atoms with Crippen molar-refractivity contribution in [2.75, 3.05) is 25.0 Å². The van der Waals surface area contributed by atoms with Gasteiger partial charge in [0, 0.05) is 24.3 Å². The first-order valence-corrected chi connectivity index (χ1v) is 6.48. The van der Waals surface area contributed by atoms with E-state index in [1.165, 1.54) is 25.0 Å². The molecule has 1 heterocycles. The first-order chi connectivity index (χ1) is 9.04. The van der Waals surface area contributed by atoms with Gasteiger partial charge in [-0.05, 0) is 38.9 Å². The van der Waals surface area contributed by atoms with E-state index in [1.54, 1.807) is 0 Å². The highest BCUT2D eigenvalue weighted by atomic mass is 19.1. The lowest BCUT2D eigenvalue weighted by Gasteiger charge is -2.22. The topological polar surface area (TPSA) is 58.4 Å². The molecule has 19 heavy (non-hydrogen) atoms. The van der Waals surface area contributed by atoms with Crippen LogP contribution in [0.15, 0.2) is 18.2 Å². The number of non-ortho nitro benzene ring substituents is 1. The summed E-state index contributed by atoms with van der Waals surface area (Å²) in [5.41, 5.74) is 0.231. The number of nitrogens with one attached hydrogen (secondary N) is 1. The molecule has 0 amide bonds. The maximum absolute atomic E-state index is 13.3. The molecule has 0 bridgehead atoms. The molecule has 1 aliphatic rings. The molecule has 1 N–H and O–H groups in total. The van der Waals surface area contributed by atoms with Gasteiger partial charge in [0.1, 0.15) is 5.82 Å². The van der Waals surface area contributed by atoms with Crippen LogP contribution in [-0.4, -0.2) is 35.5 Å². The van der Waals surface area contributed by atoms with Crippen LogP contribution in [-0.2, 0) is 0 Å². The Labute approximate surface area is 111 Å². The summed E-state index contributed by atoms with van der Waals surface area (Å²) in [5, 5.41) is 13.8. The number of benzene rings is 1. The van der Waals surface area contributed by atoms with E-state index in [0.717, 1.165) is 25.7 Å². The molecule has 5 nitrogen and oxygen atoms in total. The summed E-state index contributed by atoms with van der Waals surface area (Å²) >= 11 is 0. The summed E-state index contributed by atoms with van der Waals surface area (Å²) in [6.45, 7) is 5.05. The van der Waals surface area contributed by atoms with E-state index in [1.807, 2.05) is 6.92 Å². The van der Waals surface area contributed by atoms with Crippen molar-refractivity contribution in [1.29, 1.82) is 0 Å². The Morgan fingerprint density at radius 2 is 2.11 bits per heavy atom. The fraction of sp³-hybridized carbons (Fsp3) is 0.538. The largest absolute Gasteiger partial charge is 0.381 e. The standard InChI is InChI=1S/C13H18FN3O2/c1-10(9-16-4-2-3-5-16)15-12-6-11(14)7-13(8-12)17(18)19/h6-8,10,15H,2-5,9H2,1H3. The zero-order chi connectivity index (χ0) is 13.8. The van der Waals surface area contributed by atoms with Gasteiger partial charge in [0.2, 0.25) is 0 Å². The zero-order valence-corrected chi connectivity index (χ0v) is 10.9. The van der Waals surface area contributed by atoms with Crippen molar-refractivity contribution in [1.82, 2.24) is 4.90 Å².